The van der Waals surface area contributed by atoms with Crippen molar-refractivity contribution in [1.29, 1.82) is 0 Å². The maximum absolute atomic E-state index is 12.6. The van der Waals surface area contributed by atoms with Crippen LogP contribution in [0, 0.1) is 0 Å². The number of rotatable bonds is 3. The Bertz CT molecular complexity index is 707. The van der Waals surface area contributed by atoms with Crippen molar-refractivity contribution >= 4 is 5.91 Å². The Balaban J connectivity index is 1.57. The normalized spacial score (nSPS) is 20.8. The van der Waals surface area contributed by atoms with E-state index in [1.54, 1.807) is 0 Å². The van der Waals surface area contributed by atoms with E-state index in [-0.39, 0.29) is 0 Å². The van der Waals surface area contributed by atoms with Crippen LogP contribution in [0.1, 0.15) is 35.4 Å². The number of amides is 1. The van der Waals surface area contributed by atoms with Crippen molar-refractivity contribution in [2.24, 2.45) is 0 Å². The van der Waals surface area contributed by atoms with Gasteiger partial charge in [-0.2, -0.15) is 0 Å². The molecule has 0 aromatic heterocycles. The highest BCUT2D eigenvalue weighted by Crippen LogP contribution is 2.33. The van der Waals surface area contributed by atoms with Crippen LogP contribution in [-0.2, 0) is 11.3 Å². The molecular weight excluding hydrogens is 296 g/mol. The lowest BCUT2D eigenvalue weighted by atomic mass is 9.84. The second kappa shape index (κ2) is 6.78. The molecular formula is C21H24N2O. The van der Waals surface area contributed by atoms with E-state index in [2.05, 4.69) is 59.5 Å². The van der Waals surface area contributed by atoms with Crippen LogP contribution >= 0.6 is 0 Å². The Morgan fingerprint density at radius 1 is 0.958 bits per heavy atom. The molecule has 2 aliphatic rings. The third-order valence-corrected chi connectivity index (χ3v) is 5.28. The van der Waals surface area contributed by atoms with Crippen molar-refractivity contribution in [1.82, 2.24) is 9.80 Å². The van der Waals surface area contributed by atoms with Crippen LogP contribution in [0.2, 0.25) is 0 Å². The molecule has 0 aliphatic carbocycles. The summed E-state index contributed by atoms with van der Waals surface area (Å²) in [5.41, 5.74) is 4.10. The minimum absolute atomic E-state index is 0.290. The summed E-state index contributed by atoms with van der Waals surface area (Å²) in [6.45, 7) is 4.20. The molecule has 2 heterocycles. The summed E-state index contributed by atoms with van der Waals surface area (Å²) in [6.07, 6.45) is 2.31. The van der Waals surface area contributed by atoms with Crippen LogP contribution in [0.5, 0.6) is 0 Å². The molecule has 2 aromatic carbocycles. The first kappa shape index (κ1) is 15.4. The standard InChI is InChI=1S/C21H24N2O/c24-21(23-12-6-7-13-23)16-22-14-18-10-4-5-11-19(18)20(15-22)17-8-2-1-3-9-17/h1-5,8-11,20H,6-7,12-16H2/t20-/m0/s1. The van der Waals surface area contributed by atoms with Gasteiger partial charge in [-0.15, -0.1) is 0 Å². The average molecular weight is 320 g/mol. The lowest BCUT2D eigenvalue weighted by Gasteiger charge is -2.35. The van der Waals surface area contributed by atoms with E-state index in [0.717, 1.165) is 39.0 Å². The minimum Gasteiger partial charge on any atom is -0.342 e. The van der Waals surface area contributed by atoms with Crippen molar-refractivity contribution in [2.45, 2.75) is 25.3 Å². The van der Waals surface area contributed by atoms with Gasteiger partial charge in [0.2, 0.25) is 5.91 Å². The number of benzene rings is 2. The summed E-state index contributed by atoms with van der Waals surface area (Å²) >= 11 is 0. The molecule has 0 spiro atoms. The van der Waals surface area contributed by atoms with E-state index in [1.165, 1.54) is 16.7 Å². The van der Waals surface area contributed by atoms with Gasteiger partial charge in [0, 0.05) is 32.1 Å². The van der Waals surface area contributed by atoms with Gasteiger partial charge in [0.1, 0.15) is 0 Å². The summed E-state index contributed by atoms with van der Waals surface area (Å²) < 4.78 is 0. The summed E-state index contributed by atoms with van der Waals surface area (Å²) in [5, 5.41) is 0. The molecule has 2 aromatic rings. The molecule has 0 N–H and O–H groups in total. The van der Waals surface area contributed by atoms with Gasteiger partial charge < -0.3 is 4.90 Å². The summed E-state index contributed by atoms with van der Waals surface area (Å²) in [4.78, 5) is 16.9. The van der Waals surface area contributed by atoms with Crippen molar-refractivity contribution in [3.63, 3.8) is 0 Å². The van der Waals surface area contributed by atoms with E-state index in [9.17, 15) is 4.79 Å². The highest BCUT2D eigenvalue weighted by molar-refractivity contribution is 5.78. The number of hydrogen-bond donors (Lipinski definition) is 0. The van der Waals surface area contributed by atoms with Gasteiger partial charge in [0.25, 0.3) is 0 Å². The van der Waals surface area contributed by atoms with Crippen molar-refractivity contribution in [2.75, 3.05) is 26.2 Å². The van der Waals surface area contributed by atoms with E-state index in [1.807, 2.05) is 4.90 Å². The highest BCUT2D eigenvalue weighted by atomic mass is 16.2. The molecule has 0 unspecified atom stereocenters. The third-order valence-electron chi connectivity index (χ3n) is 5.28. The topological polar surface area (TPSA) is 23.6 Å². The summed E-state index contributed by atoms with van der Waals surface area (Å²) in [5.74, 6) is 0.640. The maximum atomic E-state index is 12.6. The van der Waals surface area contributed by atoms with Crippen molar-refractivity contribution < 1.29 is 4.79 Å². The quantitative estimate of drug-likeness (QED) is 0.867. The zero-order chi connectivity index (χ0) is 16.4. The lowest BCUT2D eigenvalue weighted by Crippen LogP contribution is -2.42. The van der Waals surface area contributed by atoms with Crippen LogP contribution < -0.4 is 0 Å². The molecule has 3 heteroatoms. The zero-order valence-electron chi connectivity index (χ0n) is 14.0. The Morgan fingerprint density at radius 2 is 1.67 bits per heavy atom. The smallest absolute Gasteiger partial charge is 0.236 e. The molecule has 1 amide bonds. The molecule has 1 atom stereocenters. The van der Waals surface area contributed by atoms with Crippen LogP contribution in [-0.4, -0.2) is 41.9 Å². The second-order valence-corrected chi connectivity index (χ2v) is 6.92. The van der Waals surface area contributed by atoms with Crippen molar-refractivity contribution in [3.05, 3.63) is 71.3 Å². The molecule has 1 saturated heterocycles. The Labute approximate surface area is 143 Å². The van der Waals surface area contributed by atoms with Gasteiger partial charge in [-0.25, -0.2) is 0 Å². The molecule has 0 bridgehead atoms. The molecule has 4 rings (SSSR count). The summed E-state index contributed by atoms with van der Waals surface area (Å²) in [7, 11) is 0. The fourth-order valence-electron chi connectivity index (χ4n) is 4.03. The Kier molecular flexibility index (Phi) is 4.35. The molecule has 2 aliphatic heterocycles. The first-order chi connectivity index (χ1) is 11.8. The van der Waals surface area contributed by atoms with Crippen LogP contribution in [0.4, 0.5) is 0 Å². The lowest BCUT2D eigenvalue weighted by molar-refractivity contribution is -0.131. The minimum atomic E-state index is 0.290. The predicted octanol–water partition coefficient (Wildman–Crippen LogP) is 3.26. The van der Waals surface area contributed by atoms with E-state index in [0.29, 0.717) is 18.4 Å². The van der Waals surface area contributed by atoms with Crippen molar-refractivity contribution in [3.8, 4) is 0 Å². The largest absolute Gasteiger partial charge is 0.342 e. The SMILES string of the molecule is O=C(CN1Cc2ccccc2[C@H](c2ccccc2)C1)N1CCCC1. The van der Waals surface area contributed by atoms with Gasteiger partial charge >= 0.3 is 0 Å². The fraction of sp³-hybridized carbons (Fsp3) is 0.381. The molecule has 24 heavy (non-hydrogen) atoms. The number of hydrogen-bond acceptors (Lipinski definition) is 2. The molecule has 124 valence electrons. The highest BCUT2D eigenvalue weighted by Gasteiger charge is 2.28. The molecule has 1 fully saturated rings. The third kappa shape index (κ3) is 3.09. The maximum Gasteiger partial charge on any atom is 0.236 e. The Hall–Kier alpha value is -2.13. The van der Waals surface area contributed by atoms with E-state index < -0.39 is 0 Å². The number of nitrogens with zero attached hydrogens (tertiary/aromatic N) is 2. The molecule has 0 radical (unpaired) electrons. The number of fused-ring (bicyclic) bond motifs is 1. The van der Waals surface area contributed by atoms with Crippen LogP contribution in [0.15, 0.2) is 54.6 Å². The van der Waals surface area contributed by atoms with Crippen LogP contribution in [0.25, 0.3) is 0 Å². The Morgan fingerprint density at radius 3 is 2.46 bits per heavy atom. The first-order valence-corrected chi connectivity index (χ1v) is 8.94. The van der Waals surface area contributed by atoms with Gasteiger partial charge in [0.15, 0.2) is 0 Å². The molecule has 3 nitrogen and oxygen atoms in total. The fourth-order valence-corrected chi connectivity index (χ4v) is 4.03. The zero-order valence-corrected chi connectivity index (χ0v) is 14.0. The number of carbonyl (C=O) groups excluding carboxylic acids is 1. The van der Waals surface area contributed by atoms with Crippen LogP contribution in [0.3, 0.4) is 0 Å². The van der Waals surface area contributed by atoms with E-state index in [4.69, 9.17) is 0 Å². The summed E-state index contributed by atoms with van der Waals surface area (Å²) in [6, 6.07) is 19.4. The van der Waals surface area contributed by atoms with Gasteiger partial charge in [-0.1, -0.05) is 54.6 Å². The predicted molar refractivity (Wildman–Crippen MR) is 95.8 cm³/mol. The van der Waals surface area contributed by atoms with E-state index >= 15 is 0 Å². The average Bonchev–Trinajstić information content (AvgIpc) is 3.17. The van der Waals surface area contributed by atoms with Gasteiger partial charge in [0.05, 0.1) is 6.54 Å². The number of likely N-dealkylation sites (tertiary alicyclic amines) is 1. The van der Waals surface area contributed by atoms with Gasteiger partial charge in [-0.3, -0.25) is 9.69 Å². The van der Waals surface area contributed by atoms with Gasteiger partial charge in [-0.05, 0) is 29.5 Å². The second-order valence-electron chi connectivity index (χ2n) is 6.92. The number of carbonyl (C=O) groups is 1. The first-order valence-electron chi connectivity index (χ1n) is 8.94. The molecule has 0 saturated carbocycles. The monoisotopic (exact) mass is 320 g/mol.